The highest BCUT2D eigenvalue weighted by molar-refractivity contribution is 9.10. The second kappa shape index (κ2) is 3.71. The number of benzene rings is 1. The lowest BCUT2D eigenvalue weighted by Gasteiger charge is -2.02. The molecule has 0 aliphatic carbocycles. The highest BCUT2D eigenvalue weighted by Gasteiger charge is 2.08. The van der Waals surface area contributed by atoms with E-state index in [4.69, 9.17) is 5.73 Å². The Morgan fingerprint density at radius 1 is 1.50 bits per heavy atom. The van der Waals surface area contributed by atoms with Crippen molar-refractivity contribution in [1.82, 2.24) is 9.78 Å². The fourth-order valence-electron chi connectivity index (χ4n) is 1.73. The van der Waals surface area contributed by atoms with E-state index in [9.17, 15) is 0 Å². The minimum Gasteiger partial charge on any atom is -0.330 e. The number of nitrogens with zero attached hydrogens (tertiary/aromatic N) is 2. The number of rotatable bonds is 2. The zero-order valence-corrected chi connectivity index (χ0v) is 9.58. The van der Waals surface area contributed by atoms with Crippen molar-refractivity contribution in [2.75, 3.05) is 6.54 Å². The number of aromatic nitrogens is 2. The van der Waals surface area contributed by atoms with Crippen molar-refractivity contribution >= 4 is 26.8 Å². The van der Waals surface area contributed by atoms with Crippen LogP contribution in [0, 0.1) is 0 Å². The number of hydrogen-bond donors (Lipinski definition) is 1. The molecule has 2 N–H and O–H groups in total. The van der Waals surface area contributed by atoms with Crippen LogP contribution in [0.25, 0.3) is 10.9 Å². The van der Waals surface area contributed by atoms with Crippen LogP contribution in [0.1, 0.15) is 5.56 Å². The Hall–Kier alpha value is -0.870. The predicted molar refractivity (Wildman–Crippen MR) is 61.2 cm³/mol. The molecule has 1 aromatic heterocycles. The molecule has 0 amide bonds. The van der Waals surface area contributed by atoms with Crippen LogP contribution in [0.2, 0.25) is 0 Å². The summed E-state index contributed by atoms with van der Waals surface area (Å²) in [5.41, 5.74) is 7.99. The van der Waals surface area contributed by atoms with E-state index in [1.807, 2.05) is 17.8 Å². The number of aryl methyl sites for hydroxylation is 1. The topological polar surface area (TPSA) is 43.8 Å². The highest BCUT2D eigenvalue weighted by atomic mass is 79.9. The molecule has 2 rings (SSSR count). The maximum atomic E-state index is 5.57. The Balaban J connectivity index is 2.72. The summed E-state index contributed by atoms with van der Waals surface area (Å²) in [6.45, 7) is 0.669. The molecule has 14 heavy (non-hydrogen) atoms. The fraction of sp³-hybridized carbons (Fsp3) is 0.300. The summed E-state index contributed by atoms with van der Waals surface area (Å²) in [7, 11) is 1.95. The Morgan fingerprint density at radius 3 is 3.00 bits per heavy atom. The van der Waals surface area contributed by atoms with Gasteiger partial charge in [-0.2, -0.15) is 5.10 Å². The van der Waals surface area contributed by atoms with Gasteiger partial charge in [-0.25, -0.2) is 0 Å². The highest BCUT2D eigenvalue weighted by Crippen LogP contribution is 2.25. The SMILES string of the molecule is Cn1nc(Br)c2cccc(CCN)c21. The molecular weight excluding hydrogens is 242 g/mol. The van der Waals surface area contributed by atoms with Gasteiger partial charge in [-0.05, 0) is 34.5 Å². The lowest BCUT2D eigenvalue weighted by Crippen LogP contribution is -2.04. The number of halogens is 1. The standard InChI is InChI=1S/C10H12BrN3/c1-14-9-7(5-6-12)3-2-4-8(9)10(11)13-14/h2-4H,5-6,12H2,1H3. The number of fused-ring (bicyclic) bond motifs is 1. The Kier molecular flexibility index (Phi) is 2.56. The van der Waals surface area contributed by atoms with Crippen LogP contribution >= 0.6 is 15.9 Å². The summed E-state index contributed by atoms with van der Waals surface area (Å²) in [6, 6.07) is 6.20. The minimum absolute atomic E-state index is 0.669. The Morgan fingerprint density at radius 2 is 2.29 bits per heavy atom. The fourth-order valence-corrected chi connectivity index (χ4v) is 2.29. The molecule has 1 heterocycles. The number of hydrogen-bond acceptors (Lipinski definition) is 2. The second-order valence-corrected chi connectivity index (χ2v) is 4.02. The van der Waals surface area contributed by atoms with Crippen molar-refractivity contribution in [2.45, 2.75) is 6.42 Å². The summed E-state index contributed by atoms with van der Waals surface area (Å²) in [5, 5.41) is 5.48. The molecule has 2 aromatic rings. The van der Waals surface area contributed by atoms with E-state index in [0.29, 0.717) is 6.54 Å². The second-order valence-electron chi connectivity index (χ2n) is 3.27. The third-order valence-corrected chi connectivity index (χ3v) is 2.90. The average molecular weight is 254 g/mol. The molecule has 0 aliphatic rings. The van der Waals surface area contributed by atoms with E-state index in [0.717, 1.165) is 16.4 Å². The normalized spacial score (nSPS) is 11.1. The van der Waals surface area contributed by atoms with Gasteiger partial charge in [0.05, 0.1) is 5.52 Å². The molecule has 0 saturated heterocycles. The Labute approximate surface area is 91.0 Å². The zero-order chi connectivity index (χ0) is 10.1. The molecule has 4 heteroatoms. The maximum Gasteiger partial charge on any atom is 0.135 e. The maximum absolute atomic E-state index is 5.57. The van der Waals surface area contributed by atoms with Gasteiger partial charge in [0, 0.05) is 12.4 Å². The Bertz CT molecular complexity index is 462. The van der Waals surface area contributed by atoms with Gasteiger partial charge in [0.25, 0.3) is 0 Å². The van der Waals surface area contributed by atoms with Crippen LogP contribution < -0.4 is 5.73 Å². The van der Waals surface area contributed by atoms with Crippen LogP contribution in [0.15, 0.2) is 22.8 Å². The van der Waals surface area contributed by atoms with Crippen molar-refractivity contribution in [2.24, 2.45) is 12.8 Å². The first-order valence-corrected chi connectivity index (χ1v) is 5.33. The summed E-state index contributed by atoms with van der Waals surface area (Å²) in [6.07, 6.45) is 0.892. The zero-order valence-electron chi connectivity index (χ0n) is 8.00. The lowest BCUT2D eigenvalue weighted by atomic mass is 10.1. The molecule has 0 unspecified atom stereocenters. The molecule has 0 bridgehead atoms. The minimum atomic E-state index is 0.669. The van der Waals surface area contributed by atoms with E-state index in [-0.39, 0.29) is 0 Å². The molecule has 0 fully saturated rings. The molecule has 0 atom stereocenters. The third-order valence-electron chi connectivity index (χ3n) is 2.32. The lowest BCUT2D eigenvalue weighted by molar-refractivity contribution is 0.782. The van der Waals surface area contributed by atoms with Crippen molar-refractivity contribution in [1.29, 1.82) is 0 Å². The van der Waals surface area contributed by atoms with Gasteiger partial charge in [0.15, 0.2) is 0 Å². The van der Waals surface area contributed by atoms with Gasteiger partial charge < -0.3 is 5.73 Å². The molecule has 1 aromatic carbocycles. The number of nitrogens with two attached hydrogens (primary N) is 1. The van der Waals surface area contributed by atoms with Crippen LogP contribution in [0.3, 0.4) is 0 Å². The van der Waals surface area contributed by atoms with Gasteiger partial charge in [0.2, 0.25) is 0 Å². The monoisotopic (exact) mass is 253 g/mol. The molecular formula is C10H12BrN3. The van der Waals surface area contributed by atoms with E-state index in [2.05, 4.69) is 33.2 Å². The van der Waals surface area contributed by atoms with Gasteiger partial charge in [-0.3, -0.25) is 4.68 Å². The van der Waals surface area contributed by atoms with E-state index in [1.54, 1.807) is 0 Å². The first-order chi connectivity index (χ1) is 6.74. The van der Waals surface area contributed by atoms with Crippen molar-refractivity contribution in [3.8, 4) is 0 Å². The van der Waals surface area contributed by atoms with Crippen LogP contribution in [0.4, 0.5) is 0 Å². The first kappa shape index (κ1) is 9.68. The molecule has 3 nitrogen and oxygen atoms in total. The van der Waals surface area contributed by atoms with Crippen LogP contribution in [-0.2, 0) is 13.5 Å². The van der Waals surface area contributed by atoms with Gasteiger partial charge >= 0.3 is 0 Å². The van der Waals surface area contributed by atoms with Crippen molar-refractivity contribution in [3.63, 3.8) is 0 Å². The molecule has 74 valence electrons. The van der Waals surface area contributed by atoms with Gasteiger partial charge in [-0.15, -0.1) is 0 Å². The third kappa shape index (κ3) is 1.44. The van der Waals surface area contributed by atoms with E-state index < -0.39 is 0 Å². The van der Waals surface area contributed by atoms with Gasteiger partial charge in [0.1, 0.15) is 4.60 Å². The van der Waals surface area contributed by atoms with Crippen molar-refractivity contribution < 1.29 is 0 Å². The molecule has 0 radical (unpaired) electrons. The quantitative estimate of drug-likeness (QED) is 0.888. The van der Waals surface area contributed by atoms with Crippen molar-refractivity contribution in [3.05, 3.63) is 28.4 Å². The average Bonchev–Trinajstić information content (AvgIpc) is 2.44. The predicted octanol–water partition coefficient (Wildman–Crippen LogP) is 1.84. The summed E-state index contributed by atoms with van der Waals surface area (Å²) in [4.78, 5) is 0. The molecule has 0 saturated carbocycles. The summed E-state index contributed by atoms with van der Waals surface area (Å²) < 4.78 is 2.79. The van der Waals surface area contributed by atoms with Crippen LogP contribution in [0.5, 0.6) is 0 Å². The van der Waals surface area contributed by atoms with E-state index in [1.165, 1.54) is 11.1 Å². The molecule has 0 aliphatic heterocycles. The summed E-state index contributed by atoms with van der Waals surface area (Å²) >= 11 is 3.44. The summed E-state index contributed by atoms with van der Waals surface area (Å²) in [5.74, 6) is 0. The van der Waals surface area contributed by atoms with E-state index >= 15 is 0 Å². The first-order valence-electron chi connectivity index (χ1n) is 4.54. The smallest absolute Gasteiger partial charge is 0.135 e. The molecule has 0 spiro atoms. The van der Waals surface area contributed by atoms with Crippen LogP contribution in [-0.4, -0.2) is 16.3 Å². The number of para-hydroxylation sites is 1. The van der Waals surface area contributed by atoms with Gasteiger partial charge in [-0.1, -0.05) is 18.2 Å². The largest absolute Gasteiger partial charge is 0.330 e.